The van der Waals surface area contributed by atoms with Crippen molar-refractivity contribution >= 4 is 45.7 Å². The molecule has 42 heavy (non-hydrogen) atoms. The molecule has 8 nitrogen and oxygen atoms in total. The molecule has 4 aromatic rings. The van der Waals surface area contributed by atoms with Crippen molar-refractivity contribution in [1.29, 1.82) is 0 Å². The van der Waals surface area contributed by atoms with E-state index in [1.807, 2.05) is 31.2 Å². The van der Waals surface area contributed by atoms with Gasteiger partial charge >= 0.3 is 5.91 Å². The molecule has 1 aliphatic heterocycles. The minimum absolute atomic E-state index is 0.0107. The summed E-state index contributed by atoms with van der Waals surface area (Å²) in [5, 5.41) is 20.2. The fourth-order valence-corrected chi connectivity index (χ4v) is 6.49. The van der Waals surface area contributed by atoms with Crippen LogP contribution in [0.3, 0.4) is 0 Å². The second kappa shape index (κ2) is 13.8. The molecule has 1 unspecified atom stereocenters. The van der Waals surface area contributed by atoms with Crippen LogP contribution in [0.4, 0.5) is 5.13 Å². The smallest absolute Gasteiger partial charge is 0.301 e. The second-order valence-electron chi connectivity index (χ2n) is 10.0. The van der Waals surface area contributed by atoms with Gasteiger partial charge in [0.05, 0.1) is 18.2 Å². The van der Waals surface area contributed by atoms with Gasteiger partial charge in [-0.05, 0) is 48.7 Å². The first-order chi connectivity index (χ1) is 20.5. The van der Waals surface area contributed by atoms with E-state index in [-0.39, 0.29) is 11.3 Å². The maximum atomic E-state index is 13.5. The van der Waals surface area contributed by atoms with Crippen LogP contribution >= 0.6 is 23.1 Å². The number of anilines is 1. The highest BCUT2D eigenvalue weighted by atomic mass is 32.2. The van der Waals surface area contributed by atoms with Crippen molar-refractivity contribution in [3.63, 3.8) is 0 Å². The quantitative estimate of drug-likeness (QED) is 0.0458. The molecular weight excluding hydrogens is 569 g/mol. The number of unbranched alkanes of at least 4 members (excludes halogenated alkanes) is 3. The molecule has 0 spiro atoms. The summed E-state index contributed by atoms with van der Waals surface area (Å²) in [6.45, 7) is 4.83. The molecule has 2 aromatic heterocycles. The Hall–Kier alpha value is -4.02. The summed E-state index contributed by atoms with van der Waals surface area (Å²) in [7, 11) is 0. The van der Waals surface area contributed by atoms with Crippen LogP contribution in [-0.4, -0.2) is 38.6 Å². The van der Waals surface area contributed by atoms with Crippen LogP contribution in [-0.2, 0) is 15.3 Å². The zero-order chi connectivity index (χ0) is 29.5. The first kappa shape index (κ1) is 29.5. The van der Waals surface area contributed by atoms with Gasteiger partial charge in [0.1, 0.15) is 11.5 Å². The number of thioether (sulfide) groups is 1. The highest BCUT2D eigenvalue weighted by molar-refractivity contribution is 8.00. The van der Waals surface area contributed by atoms with Crippen molar-refractivity contribution in [3.05, 3.63) is 101 Å². The Morgan fingerprint density at radius 3 is 2.43 bits per heavy atom. The van der Waals surface area contributed by atoms with E-state index < -0.39 is 17.7 Å². The number of hydrogen-bond acceptors (Lipinski definition) is 9. The fraction of sp³-hybridized carbons (Fsp3) is 0.281. The molecule has 1 amide bonds. The summed E-state index contributed by atoms with van der Waals surface area (Å²) >= 11 is 2.76. The van der Waals surface area contributed by atoms with Gasteiger partial charge in [-0.2, -0.15) is 0 Å². The molecule has 1 saturated heterocycles. The zero-order valence-corrected chi connectivity index (χ0v) is 25.2. The standard InChI is InChI=1S/C32H32N4O4S2/c1-3-4-5-6-19-40-25-13-11-23(12-14-25)27-26(28(37)24-15-17-33-18-16-24)29(38)30(39)36(27)31-34-35-32(42-31)41-20-22-9-7-21(2)8-10-22/h7-18,27,37H,3-6,19-20H2,1-2H3/b28-26+. The number of nitrogens with zero attached hydrogens (tertiary/aromatic N) is 4. The Morgan fingerprint density at radius 2 is 1.71 bits per heavy atom. The maximum absolute atomic E-state index is 13.5. The van der Waals surface area contributed by atoms with Crippen LogP contribution in [0.15, 0.2) is 83.0 Å². The average Bonchev–Trinajstić information content (AvgIpc) is 3.59. The molecule has 10 heteroatoms. The number of aryl methyl sites for hydroxylation is 1. The number of aromatic nitrogens is 3. The first-order valence-electron chi connectivity index (χ1n) is 13.9. The molecule has 2 aromatic carbocycles. The van der Waals surface area contributed by atoms with E-state index in [4.69, 9.17) is 4.74 Å². The third-order valence-electron chi connectivity index (χ3n) is 6.95. The summed E-state index contributed by atoms with van der Waals surface area (Å²) < 4.78 is 6.58. The number of Topliss-reactive ketones (excluding diaryl/α,β-unsaturated/α-hetero) is 1. The van der Waals surface area contributed by atoms with Crippen LogP contribution in [0.25, 0.3) is 5.76 Å². The number of hydrogen-bond donors (Lipinski definition) is 1. The van der Waals surface area contributed by atoms with Crippen molar-refractivity contribution in [1.82, 2.24) is 15.2 Å². The lowest BCUT2D eigenvalue weighted by Gasteiger charge is -2.22. The highest BCUT2D eigenvalue weighted by Gasteiger charge is 2.48. The van der Waals surface area contributed by atoms with Crippen molar-refractivity contribution in [3.8, 4) is 5.75 Å². The number of carbonyl (C=O) groups excluding carboxylic acids is 2. The number of ether oxygens (including phenoxy) is 1. The number of aliphatic hydroxyl groups is 1. The Kier molecular flexibility index (Phi) is 9.66. The lowest BCUT2D eigenvalue weighted by Crippen LogP contribution is -2.29. The minimum Gasteiger partial charge on any atom is -0.507 e. The largest absolute Gasteiger partial charge is 0.507 e. The lowest BCUT2D eigenvalue weighted by molar-refractivity contribution is -0.132. The topological polar surface area (TPSA) is 106 Å². The number of aliphatic hydroxyl groups excluding tert-OH is 1. The normalized spacial score (nSPS) is 16.2. The van der Waals surface area contributed by atoms with Crippen LogP contribution in [0, 0.1) is 6.92 Å². The van der Waals surface area contributed by atoms with E-state index in [0.29, 0.717) is 38.7 Å². The maximum Gasteiger partial charge on any atom is 0.301 e. The van der Waals surface area contributed by atoms with Crippen LogP contribution < -0.4 is 9.64 Å². The van der Waals surface area contributed by atoms with Gasteiger partial charge in [-0.25, -0.2) is 0 Å². The minimum atomic E-state index is -0.889. The van der Waals surface area contributed by atoms with E-state index in [9.17, 15) is 14.7 Å². The van der Waals surface area contributed by atoms with Gasteiger partial charge in [0.25, 0.3) is 5.78 Å². The SMILES string of the molecule is CCCCCCOc1ccc(C2/C(=C(\O)c3ccncc3)C(=O)C(=O)N2c2nnc(SCc3ccc(C)cc3)s2)cc1. The number of ketones is 1. The molecule has 0 bridgehead atoms. The van der Waals surface area contributed by atoms with Gasteiger partial charge < -0.3 is 9.84 Å². The molecule has 5 rings (SSSR count). The monoisotopic (exact) mass is 600 g/mol. The predicted octanol–water partition coefficient (Wildman–Crippen LogP) is 7.12. The van der Waals surface area contributed by atoms with E-state index >= 15 is 0 Å². The molecule has 0 saturated carbocycles. The van der Waals surface area contributed by atoms with Gasteiger partial charge in [-0.3, -0.25) is 19.5 Å². The highest BCUT2D eigenvalue weighted by Crippen LogP contribution is 2.44. The summed E-state index contributed by atoms with van der Waals surface area (Å²) in [6.07, 6.45) is 7.47. The van der Waals surface area contributed by atoms with Crippen LogP contribution in [0.5, 0.6) is 5.75 Å². The number of amides is 1. The van der Waals surface area contributed by atoms with Gasteiger partial charge in [-0.1, -0.05) is 91.2 Å². The number of pyridine rings is 1. The number of carbonyl (C=O) groups is 2. The van der Waals surface area contributed by atoms with Crippen molar-refractivity contribution in [2.24, 2.45) is 0 Å². The molecule has 0 aliphatic carbocycles. The average molecular weight is 601 g/mol. The Bertz CT molecular complexity index is 1550. The van der Waals surface area contributed by atoms with Gasteiger partial charge in [-0.15, -0.1) is 10.2 Å². The molecular formula is C32H32N4O4S2. The van der Waals surface area contributed by atoms with Crippen molar-refractivity contribution in [2.45, 2.75) is 55.7 Å². The molecule has 1 aliphatic rings. The summed E-state index contributed by atoms with van der Waals surface area (Å²) in [5.41, 5.74) is 3.37. The molecule has 3 heterocycles. The molecule has 1 fully saturated rings. The fourth-order valence-electron chi connectivity index (χ4n) is 4.66. The number of rotatable bonds is 12. The molecule has 1 N–H and O–H groups in total. The Labute approximate surface area is 253 Å². The van der Waals surface area contributed by atoms with Gasteiger partial charge in [0, 0.05) is 23.7 Å². The number of benzene rings is 2. The van der Waals surface area contributed by atoms with E-state index in [0.717, 1.165) is 24.8 Å². The molecule has 0 radical (unpaired) electrons. The van der Waals surface area contributed by atoms with E-state index in [2.05, 4.69) is 46.4 Å². The van der Waals surface area contributed by atoms with Gasteiger partial charge in [0.15, 0.2) is 4.34 Å². The van der Waals surface area contributed by atoms with Crippen LogP contribution in [0.1, 0.15) is 60.9 Å². The zero-order valence-electron chi connectivity index (χ0n) is 23.5. The Morgan fingerprint density at radius 1 is 0.976 bits per heavy atom. The lowest BCUT2D eigenvalue weighted by atomic mass is 9.95. The molecule has 216 valence electrons. The van der Waals surface area contributed by atoms with Crippen molar-refractivity contribution in [2.75, 3.05) is 11.5 Å². The van der Waals surface area contributed by atoms with E-state index in [1.54, 1.807) is 12.1 Å². The van der Waals surface area contributed by atoms with Gasteiger partial charge in [0.2, 0.25) is 5.13 Å². The summed E-state index contributed by atoms with van der Waals surface area (Å²) in [5.74, 6) is -0.420. The predicted molar refractivity (Wildman–Crippen MR) is 166 cm³/mol. The molecule has 1 atom stereocenters. The first-order valence-corrected chi connectivity index (χ1v) is 15.7. The van der Waals surface area contributed by atoms with Crippen molar-refractivity contribution < 1.29 is 19.4 Å². The summed E-state index contributed by atoms with van der Waals surface area (Å²) in [6, 6.07) is 17.9. The van der Waals surface area contributed by atoms with E-state index in [1.165, 1.54) is 52.4 Å². The Balaban J connectivity index is 1.44. The van der Waals surface area contributed by atoms with Crippen LogP contribution in [0.2, 0.25) is 0 Å². The summed E-state index contributed by atoms with van der Waals surface area (Å²) in [4.78, 5) is 32.2. The second-order valence-corrected chi connectivity index (χ2v) is 12.2. The third kappa shape index (κ3) is 6.71. The third-order valence-corrected chi connectivity index (χ3v) is 9.07.